The fourth-order valence-electron chi connectivity index (χ4n) is 1.26. The van der Waals surface area contributed by atoms with Crippen molar-refractivity contribution in [3.63, 3.8) is 0 Å². The number of anilines is 1. The zero-order valence-corrected chi connectivity index (χ0v) is 9.80. The average Bonchev–Trinajstić information content (AvgIpc) is 2.24. The number of nitrogen functional groups attached to an aromatic ring is 1. The van der Waals surface area contributed by atoms with Crippen molar-refractivity contribution in [3.8, 4) is 0 Å². The Morgan fingerprint density at radius 1 is 1.65 bits per heavy atom. The third-order valence-electron chi connectivity index (χ3n) is 2.06. The van der Waals surface area contributed by atoms with Crippen molar-refractivity contribution in [3.05, 3.63) is 22.5 Å². The zero-order valence-electron chi connectivity index (χ0n) is 9.04. The van der Waals surface area contributed by atoms with Crippen LogP contribution in [-0.2, 0) is 16.0 Å². The van der Waals surface area contributed by atoms with Crippen LogP contribution in [0, 0.1) is 0 Å². The minimum Gasteiger partial charge on any atom is -0.466 e. The molecule has 0 aliphatic rings. The Bertz CT molecular complexity index is 427. The third-order valence-corrected chi connectivity index (χ3v) is 2.39. The van der Waals surface area contributed by atoms with Gasteiger partial charge < -0.3 is 10.5 Å². The molecule has 1 rings (SSSR count). The molecule has 1 heterocycles. The number of halogens is 3. The molecular weight excluding hydrogens is 254 g/mol. The van der Waals surface area contributed by atoms with Crippen molar-refractivity contribution in [1.29, 1.82) is 0 Å². The monoisotopic (exact) mass is 264 g/mol. The first-order chi connectivity index (χ1) is 7.97. The molecule has 0 aromatic carbocycles. The molecule has 1 aromatic heterocycles. The Morgan fingerprint density at radius 3 is 2.82 bits per heavy atom. The Kier molecular flexibility index (Phi) is 4.62. The Morgan fingerprint density at radius 2 is 2.29 bits per heavy atom. The molecule has 0 spiro atoms. The van der Waals surface area contributed by atoms with Crippen LogP contribution >= 0.6 is 11.6 Å². The normalized spacial score (nSPS) is 10.6. The number of nitrogens with zero attached hydrogens (tertiary/aromatic N) is 1. The quantitative estimate of drug-likeness (QED) is 0.670. The summed E-state index contributed by atoms with van der Waals surface area (Å²) in [6, 6.07) is 0. The fraction of sp³-hybridized carbons (Fsp3) is 0.400. The molecule has 0 saturated carbocycles. The summed E-state index contributed by atoms with van der Waals surface area (Å²) in [7, 11) is 0. The molecule has 94 valence electrons. The fourth-order valence-corrected chi connectivity index (χ4v) is 1.47. The highest BCUT2D eigenvalue weighted by molar-refractivity contribution is 6.30. The summed E-state index contributed by atoms with van der Waals surface area (Å²) < 4.78 is 29.8. The van der Waals surface area contributed by atoms with Gasteiger partial charge in [0.15, 0.2) is 0 Å². The van der Waals surface area contributed by atoms with Crippen LogP contribution in [0.25, 0.3) is 0 Å². The van der Waals surface area contributed by atoms with Gasteiger partial charge in [-0.25, -0.2) is 13.8 Å². The number of esters is 1. The van der Waals surface area contributed by atoms with E-state index in [1.807, 2.05) is 0 Å². The summed E-state index contributed by atoms with van der Waals surface area (Å²) in [5, 5.41) is -0.0695. The zero-order chi connectivity index (χ0) is 13.0. The van der Waals surface area contributed by atoms with E-state index in [9.17, 15) is 13.6 Å². The standard InChI is InChI=1S/C10H11ClF2N2O2/c1-2-17-7(16)3-5-8(14)6(10(12)13)4-15-9(5)11/h4,10H,2-3H2,1H3,(H2,14,15). The molecule has 4 nitrogen and oxygen atoms in total. The summed E-state index contributed by atoms with van der Waals surface area (Å²) in [5.41, 5.74) is 4.94. The summed E-state index contributed by atoms with van der Waals surface area (Å²) in [4.78, 5) is 14.8. The van der Waals surface area contributed by atoms with E-state index in [0.29, 0.717) is 0 Å². The first-order valence-electron chi connectivity index (χ1n) is 4.83. The van der Waals surface area contributed by atoms with E-state index in [1.165, 1.54) is 0 Å². The number of aromatic nitrogens is 1. The molecule has 0 amide bonds. The van der Waals surface area contributed by atoms with Gasteiger partial charge in [0, 0.05) is 17.4 Å². The minimum absolute atomic E-state index is 0.0695. The van der Waals surface area contributed by atoms with Gasteiger partial charge >= 0.3 is 5.97 Å². The van der Waals surface area contributed by atoms with E-state index in [4.69, 9.17) is 17.3 Å². The molecule has 0 unspecified atom stereocenters. The maximum Gasteiger partial charge on any atom is 0.310 e. The Balaban J connectivity index is 3.05. The molecule has 0 aliphatic carbocycles. The van der Waals surface area contributed by atoms with E-state index in [1.54, 1.807) is 6.92 Å². The summed E-state index contributed by atoms with van der Waals surface area (Å²) >= 11 is 5.71. The van der Waals surface area contributed by atoms with Crippen LogP contribution in [0.4, 0.5) is 14.5 Å². The summed E-state index contributed by atoms with van der Waals surface area (Å²) in [5.74, 6) is -0.589. The van der Waals surface area contributed by atoms with Crippen LogP contribution in [-0.4, -0.2) is 17.6 Å². The van der Waals surface area contributed by atoms with Gasteiger partial charge in [0.1, 0.15) is 5.15 Å². The molecule has 1 aromatic rings. The lowest BCUT2D eigenvalue weighted by molar-refractivity contribution is -0.142. The molecule has 0 radical (unpaired) electrons. The molecular formula is C10H11ClF2N2O2. The van der Waals surface area contributed by atoms with Crippen LogP contribution in [0.5, 0.6) is 0 Å². The van der Waals surface area contributed by atoms with Crippen LogP contribution in [0.15, 0.2) is 6.20 Å². The maximum absolute atomic E-state index is 12.5. The molecule has 7 heteroatoms. The number of alkyl halides is 2. The van der Waals surface area contributed by atoms with E-state index < -0.39 is 18.0 Å². The smallest absolute Gasteiger partial charge is 0.310 e. The van der Waals surface area contributed by atoms with Crippen molar-refractivity contribution in [1.82, 2.24) is 4.98 Å². The first kappa shape index (κ1) is 13.6. The minimum atomic E-state index is -2.76. The SMILES string of the molecule is CCOC(=O)Cc1c(Cl)ncc(C(F)F)c1N. The van der Waals surface area contributed by atoms with Gasteiger partial charge in [0.2, 0.25) is 0 Å². The highest BCUT2D eigenvalue weighted by Crippen LogP contribution is 2.30. The van der Waals surface area contributed by atoms with Gasteiger partial charge in [-0.1, -0.05) is 11.6 Å². The molecule has 0 saturated heterocycles. The predicted molar refractivity (Wildman–Crippen MR) is 59.0 cm³/mol. The molecule has 0 aliphatic heterocycles. The van der Waals surface area contributed by atoms with Crippen LogP contribution < -0.4 is 5.73 Å². The van der Waals surface area contributed by atoms with E-state index in [-0.39, 0.29) is 29.4 Å². The van der Waals surface area contributed by atoms with Crippen molar-refractivity contribution in [2.24, 2.45) is 0 Å². The van der Waals surface area contributed by atoms with Crippen molar-refractivity contribution < 1.29 is 18.3 Å². The molecule has 0 fully saturated rings. The Hall–Kier alpha value is -1.43. The largest absolute Gasteiger partial charge is 0.466 e. The molecule has 0 atom stereocenters. The predicted octanol–water partition coefficient (Wildman–Crippen LogP) is 2.36. The highest BCUT2D eigenvalue weighted by Gasteiger charge is 2.19. The van der Waals surface area contributed by atoms with Crippen molar-refractivity contribution >= 4 is 23.3 Å². The second-order valence-corrected chi connectivity index (χ2v) is 3.54. The number of hydrogen-bond donors (Lipinski definition) is 1. The highest BCUT2D eigenvalue weighted by atomic mass is 35.5. The summed E-state index contributed by atoms with van der Waals surface area (Å²) in [6.45, 7) is 1.83. The maximum atomic E-state index is 12.5. The van der Waals surface area contributed by atoms with Gasteiger partial charge in [-0.05, 0) is 6.92 Å². The van der Waals surface area contributed by atoms with Gasteiger partial charge in [0.05, 0.1) is 18.6 Å². The van der Waals surface area contributed by atoms with E-state index in [0.717, 1.165) is 6.20 Å². The molecule has 17 heavy (non-hydrogen) atoms. The van der Waals surface area contributed by atoms with Crippen LogP contribution in [0.1, 0.15) is 24.5 Å². The average molecular weight is 265 g/mol. The van der Waals surface area contributed by atoms with Gasteiger partial charge in [-0.2, -0.15) is 0 Å². The number of hydrogen-bond acceptors (Lipinski definition) is 4. The molecule has 2 N–H and O–H groups in total. The topological polar surface area (TPSA) is 65.2 Å². The second kappa shape index (κ2) is 5.77. The lowest BCUT2D eigenvalue weighted by atomic mass is 10.1. The van der Waals surface area contributed by atoms with E-state index in [2.05, 4.69) is 9.72 Å². The second-order valence-electron chi connectivity index (χ2n) is 3.18. The van der Waals surface area contributed by atoms with Gasteiger partial charge in [0.25, 0.3) is 6.43 Å². The van der Waals surface area contributed by atoms with Crippen molar-refractivity contribution in [2.75, 3.05) is 12.3 Å². The number of nitrogens with two attached hydrogens (primary N) is 1. The van der Waals surface area contributed by atoms with Gasteiger partial charge in [-0.15, -0.1) is 0 Å². The Labute approximate surface area is 102 Å². The number of ether oxygens (including phenoxy) is 1. The van der Waals surface area contributed by atoms with Gasteiger partial charge in [-0.3, -0.25) is 4.79 Å². The number of rotatable bonds is 4. The van der Waals surface area contributed by atoms with Crippen LogP contribution in [0.3, 0.4) is 0 Å². The lowest BCUT2D eigenvalue weighted by Gasteiger charge is -2.11. The third kappa shape index (κ3) is 3.26. The number of carbonyl (C=O) groups excluding carboxylic acids is 1. The van der Waals surface area contributed by atoms with E-state index >= 15 is 0 Å². The first-order valence-corrected chi connectivity index (χ1v) is 5.21. The number of pyridine rings is 1. The molecule has 0 bridgehead atoms. The number of carbonyl (C=O) groups is 1. The lowest BCUT2D eigenvalue weighted by Crippen LogP contribution is -2.11. The van der Waals surface area contributed by atoms with Crippen LogP contribution in [0.2, 0.25) is 5.15 Å². The van der Waals surface area contributed by atoms with Crippen molar-refractivity contribution in [2.45, 2.75) is 19.8 Å². The summed E-state index contributed by atoms with van der Waals surface area (Å²) in [6.07, 6.45) is -2.14.